The maximum absolute atomic E-state index is 5.83. The summed E-state index contributed by atoms with van der Waals surface area (Å²) in [7, 11) is 0. The summed E-state index contributed by atoms with van der Waals surface area (Å²) in [5, 5.41) is 0. The average Bonchev–Trinajstić information content (AvgIpc) is 2.31. The summed E-state index contributed by atoms with van der Waals surface area (Å²) in [6.45, 7) is 13.1. The molecular weight excluding hydrogens is 224 g/mol. The molecule has 1 rings (SSSR count). The molecular formula is C14H26N4. The second-order valence-corrected chi connectivity index (χ2v) is 5.71. The van der Waals surface area contributed by atoms with Crippen LogP contribution in [0.4, 0.5) is 5.82 Å². The second kappa shape index (κ2) is 6.14. The molecule has 1 aromatic heterocycles. The van der Waals surface area contributed by atoms with Gasteiger partial charge in [0.15, 0.2) is 0 Å². The molecule has 0 unspecified atom stereocenters. The molecule has 4 nitrogen and oxygen atoms in total. The highest BCUT2D eigenvalue weighted by molar-refractivity contribution is 5.43. The maximum Gasteiger partial charge on any atom is 0.150 e. The highest BCUT2D eigenvalue weighted by atomic mass is 15.2. The molecule has 0 radical (unpaired) electrons. The average molecular weight is 250 g/mol. The Morgan fingerprint density at radius 1 is 1.33 bits per heavy atom. The molecule has 18 heavy (non-hydrogen) atoms. The van der Waals surface area contributed by atoms with Gasteiger partial charge < -0.3 is 10.6 Å². The van der Waals surface area contributed by atoms with E-state index in [0.29, 0.717) is 6.54 Å². The lowest BCUT2D eigenvalue weighted by atomic mass is 9.93. The summed E-state index contributed by atoms with van der Waals surface area (Å²) in [6.07, 6.45) is 2.91. The summed E-state index contributed by atoms with van der Waals surface area (Å²) < 4.78 is 0. The minimum absolute atomic E-state index is 0.0903. The predicted octanol–water partition coefficient (Wildman–Crippen LogP) is 2.29. The van der Waals surface area contributed by atoms with E-state index in [9.17, 15) is 0 Å². The molecule has 1 aromatic rings. The smallest absolute Gasteiger partial charge is 0.150 e. The van der Waals surface area contributed by atoms with Crippen molar-refractivity contribution in [3.63, 3.8) is 0 Å². The van der Waals surface area contributed by atoms with Crippen LogP contribution in [0.25, 0.3) is 0 Å². The molecule has 0 saturated carbocycles. The number of nitrogens with two attached hydrogens (primary N) is 1. The first-order valence-corrected chi connectivity index (χ1v) is 6.65. The number of hydrogen-bond donors (Lipinski definition) is 1. The minimum atomic E-state index is 0.0903. The van der Waals surface area contributed by atoms with Gasteiger partial charge in [-0.15, -0.1) is 0 Å². The molecule has 0 saturated heterocycles. The molecule has 0 aliphatic heterocycles. The Bertz CT molecular complexity index is 387. The van der Waals surface area contributed by atoms with Gasteiger partial charge in [-0.3, -0.25) is 4.98 Å². The van der Waals surface area contributed by atoms with E-state index >= 15 is 0 Å². The number of anilines is 1. The zero-order valence-electron chi connectivity index (χ0n) is 12.3. The topological polar surface area (TPSA) is 55.0 Å². The maximum atomic E-state index is 5.83. The third kappa shape index (κ3) is 3.95. The van der Waals surface area contributed by atoms with E-state index in [-0.39, 0.29) is 5.41 Å². The Hall–Kier alpha value is -1.16. The van der Waals surface area contributed by atoms with Gasteiger partial charge >= 0.3 is 0 Å². The number of nitrogens with zero attached hydrogens (tertiary/aromatic N) is 3. The Labute approximate surface area is 111 Å². The Balaban J connectivity index is 3.00. The van der Waals surface area contributed by atoms with E-state index in [1.54, 1.807) is 0 Å². The van der Waals surface area contributed by atoms with Crippen molar-refractivity contribution >= 4 is 5.82 Å². The van der Waals surface area contributed by atoms with Crippen molar-refractivity contribution < 1.29 is 0 Å². The van der Waals surface area contributed by atoms with Crippen LogP contribution >= 0.6 is 0 Å². The fraction of sp³-hybridized carbons (Fsp3) is 0.714. The van der Waals surface area contributed by atoms with Crippen molar-refractivity contribution in [3.8, 4) is 0 Å². The number of rotatable bonds is 6. The molecule has 102 valence electrons. The van der Waals surface area contributed by atoms with Gasteiger partial charge in [0, 0.05) is 19.3 Å². The highest BCUT2D eigenvalue weighted by Gasteiger charge is 2.22. The summed E-state index contributed by atoms with van der Waals surface area (Å²) in [5.41, 5.74) is 7.87. The van der Waals surface area contributed by atoms with Gasteiger partial charge in [-0.1, -0.05) is 20.8 Å². The van der Waals surface area contributed by atoms with E-state index in [0.717, 1.165) is 36.7 Å². The molecule has 4 heteroatoms. The molecule has 0 spiro atoms. The number of aromatic nitrogens is 2. The van der Waals surface area contributed by atoms with Crippen LogP contribution in [-0.4, -0.2) is 29.6 Å². The SMILES string of the molecule is CCCN(CC(C)(C)CN)c1nc(C)cnc1C. The molecule has 1 heterocycles. The Morgan fingerprint density at radius 2 is 2.00 bits per heavy atom. The first-order valence-electron chi connectivity index (χ1n) is 6.65. The van der Waals surface area contributed by atoms with Crippen LogP contribution < -0.4 is 10.6 Å². The Morgan fingerprint density at radius 3 is 2.56 bits per heavy atom. The van der Waals surface area contributed by atoms with Crippen molar-refractivity contribution in [3.05, 3.63) is 17.6 Å². The van der Waals surface area contributed by atoms with Gasteiger partial charge in [0.1, 0.15) is 5.82 Å². The third-order valence-electron chi connectivity index (χ3n) is 3.02. The third-order valence-corrected chi connectivity index (χ3v) is 3.02. The molecule has 0 aliphatic carbocycles. The zero-order valence-corrected chi connectivity index (χ0v) is 12.3. The normalized spacial score (nSPS) is 11.7. The molecule has 0 atom stereocenters. The molecule has 0 aromatic carbocycles. The van der Waals surface area contributed by atoms with Crippen LogP contribution in [-0.2, 0) is 0 Å². The molecule has 2 N–H and O–H groups in total. The van der Waals surface area contributed by atoms with E-state index in [2.05, 4.69) is 35.6 Å². The molecule has 0 bridgehead atoms. The molecule has 0 aliphatic rings. The summed E-state index contributed by atoms with van der Waals surface area (Å²) in [5.74, 6) is 0.998. The van der Waals surface area contributed by atoms with E-state index in [1.807, 2.05) is 20.0 Å². The molecule has 0 fully saturated rings. The summed E-state index contributed by atoms with van der Waals surface area (Å²) in [4.78, 5) is 11.3. The lowest BCUT2D eigenvalue weighted by molar-refractivity contribution is 0.376. The van der Waals surface area contributed by atoms with Crippen LogP contribution in [0.5, 0.6) is 0 Å². The monoisotopic (exact) mass is 250 g/mol. The summed E-state index contributed by atoms with van der Waals surface area (Å²) >= 11 is 0. The van der Waals surface area contributed by atoms with Crippen LogP contribution in [0.1, 0.15) is 38.6 Å². The first-order chi connectivity index (χ1) is 8.39. The summed E-state index contributed by atoms with van der Waals surface area (Å²) in [6, 6.07) is 0. The Kier molecular flexibility index (Phi) is 5.08. The lowest BCUT2D eigenvalue weighted by Gasteiger charge is -2.33. The van der Waals surface area contributed by atoms with Gasteiger partial charge in [-0.05, 0) is 32.2 Å². The number of aryl methyl sites for hydroxylation is 2. The van der Waals surface area contributed by atoms with Gasteiger partial charge in [-0.25, -0.2) is 4.98 Å². The lowest BCUT2D eigenvalue weighted by Crippen LogP contribution is -2.40. The fourth-order valence-electron chi connectivity index (χ4n) is 1.94. The first kappa shape index (κ1) is 14.9. The second-order valence-electron chi connectivity index (χ2n) is 5.71. The van der Waals surface area contributed by atoms with Crippen LogP contribution in [0, 0.1) is 19.3 Å². The van der Waals surface area contributed by atoms with Crippen molar-refractivity contribution in [2.24, 2.45) is 11.1 Å². The molecule has 0 amide bonds. The predicted molar refractivity (Wildman–Crippen MR) is 76.8 cm³/mol. The van der Waals surface area contributed by atoms with Crippen LogP contribution in [0.15, 0.2) is 6.20 Å². The van der Waals surface area contributed by atoms with E-state index < -0.39 is 0 Å². The van der Waals surface area contributed by atoms with Crippen LogP contribution in [0.2, 0.25) is 0 Å². The van der Waals surface area contributed by atoms with Crippen molar-refractivity contribution in [2.75, 3.05) is 24.5 Å². The van der Waals surface area contributed by atoms with Crippen molar-refractivity contribution in [1.29, 1.82) is 0 Å². The van der Waals surface area contributed by atoms with Crippen molar-refractivity contribution in [1.82, 2.24) is 9.97 Å². The standard InChI is InChI=1S/C14H26N4/c1-6-7-18(10-14(4,5)9-15)13-12(3)16-8-11(2)17-13/h8H,6-7,9-10,15H2,1-5H3. The fourth-order valence-corrected chi connectivity index (χ4v) is 1.94. The van der Waals surface area contributed by atoms with E-state index in [4.69, 9.17) is 5.73 Å². The quantitative estimate of drug-likeness (QED) is 0.841. The highest BCUT2D eigenvalue weighted by Crippen LogP contribution is 2.22. The van der Waals surface area contributed by atoms with E-state index in [1.165, 1.54) is 0 Å². The largest absolute Gasteiger partial charge is 0.355 e. The zero-order chi connectivity index (χ0) is 13.8. The minimum Gasteiger partial charge on any atom is -0.355 e. The van der Waals surface area contributed by atoms with Gasteiger partial charge in [-0.2, -0.15) is 0 Å². The van der Waals surface area contributed by atoms with Crippen molar-refractivity contribution in [2.45, 2.75) is 41.0 Å². The van der Waals surface area contributed by atoms with Crippen LogP contribution in [0.3, 0.4) is 0 Å². The van der Waals surface area contributed by atoms with Gasteiger partial charge in [0.05, 0.1) is 11.4 Å². The van der Waals surface area contributed by atoms with Gasteiger partial charge in [0.25, 0.3) is 0 Å². The number of hydrogen-bond acceptors (Lipinski definition) is 4. The van der Waals surface area contributed by atoms with Gasteiger partial charge in [0.2, 0.25) is 0 Å².